The van der Waals surface area contributed by atoms with Gasteiger partial charge in [0.15, 0.2) is 11.6 Å². The number of amides is 1. The molecule has 0 spiro atoms. The molecule has 1 amide bonds. The summed E-state index contributed by atoms with van der Waals surface area (Å²) >= 11 is 5.86. The first kappa shape index (κ1) is 19.8. The molecule has 26 heavy (non-hydrogen) atoms. The molecule has 0 aliphatic heterocycles. The van der Waals surface area contributed by atoms with Crippen molar-refractivity contribution in [2.24, 2.45) is 5.92 Å². The lowest BCUT2D eigenvalue weighted by Gasteiger charge is -2.25. The van der Waals surface area contributed by atoms with Crippen LogP contribution < -0.4 is 0 Å². The quantitative estimate of drug-likeness (QED) is 0.709. The second-order valence-corrected chi connectivity index (χ2v) is 6.30. The van der Waals surface area contributed by atoms with Crippen LogP contribution in [0.2, 0.25) is 5.02 Å². The van der Waals surface area contributed by atoms with Crippen LogP contribution in [-0.2, 0) is 16.1 Å². The van der Waals surface area contributed by atoms with E-state index >= 15 is 0 Å². The molecule has 2 rings (SSSR count). The standard InChI is InChI=1S/C19H18ClF2NO3/c1-12(19(25)26-2)10-23(11-13-3-6-15(20)7-4-13)18(24)14-5-8-16(21)17(22)9-14/h3-9,12H,10-11H2,1-2H3. The minimum Gasteiger partial charge on any atom is -0.469 e. The first-order chi connectivity index (χ1) is 12.3. The number of nitrogens with zero attached hydrogens (tertiary/aromatic N) is 1. The monoisotopic (exact) mass is 381 g/mol. The first-order valence-corrected chi connectivity index (χ1v) is 8.26. The molecule has 0 saturated carbocycles. The van der Waals surface area contributed by atoms with Crippen molar-refractivity contribution in [3.8, 4) is 0 Å². The molecule has 0 N–H and O–H groups in total. The average molecular weight is 382 g/mol. The van der Waals surface area contributed by atoms with Crippen molar-refractivity contribution in [1.29, 1.82) is 0 Å². The van der Waals surface area contributed by atoms with Gasteiger partial charge < -0.3 is 9.64 Å². The fourth-order valence-corrected chi connectivity index (χ4v) is 2.57. The fraction of sp³-hybridized carbons (Fsp3) is 0.263. The zero-order valence-corrected chi connectivity index (χ0v) is 15.1. The molecule has 0 aliphatic rings. The Morgan fingerprint density at radius 3 is 2.35 bits per heavy atom. The van der Waals surface area contributed by atoms with Gasteiger partial charge >= 0.3 is 5.97 Å². The van der Waals surface area contributed by atoms with Crippen LogP contribution in [0.5, 0.6) is 0 Å². The zero-order valence-electron chi connectivity index (χ0n) is 14.3. The molecule has 7 heteroatoms. The summed E-state index contributed by atoms with van der Waals surface area (Å²) in [5.74, 6) is -3.71. The summed E-state index contributed by atoms with van der Waals surface area (Å²) in [4.78, 5) is 25.9. The van der Waals surface area contributed by atoms with Crippen molar-refractivity contribution >= 4 is 23.5 Å². The van der Waals surface area contributed by atoms with Crippen molar-refractivity contribution in [3.05, 3.63) is 70.2 Å². The van der Waals surface area contributed by atoms with E-state index in [1.54, 1.807) is 31.2 Å². The Morgan fingerprint density at radius 1 is 1.12 bits per heavy atom. The number of benzene rings is 2. The van der Waals surface area contributed by atoms with E-state index in [4.69, 9.17) is 16.3 Å². The third-order valence-corrected chi connectivity index (χ3v) is 4.09. The summed E-state index contributed by atoms with van der Waals surface area (Å²) in [6.07, 6.45) is 0. The highest BCUT2D eigenvalue weighted by atomic mass is 35.5. The zero-order chi connectivity index (χ0) is 19.3. The van der Waals surface area contributed by atoms with Gasteiger partial charge in [0.05, 0.1) is 13.0 Å². The van der Waals surface area contributed by atoms with Gasteiger partial charge in [-0.15, -0.1) is 0 Å². The van der Waals surface area contributed by atoms with E-state index in [9.17, 15) is 18.4 Å². The molecular weight excluding hydrogens is 364 g/mol. The molecule has 2 aromatic rings. The number of methoxy groups -OCH3 is 1. The van der Waals surface area contributed by atoms with Crippen LogP contribution in [0, 0.1) is 17.6 Å². The summed E-state index contributed by atoms with van der Waals surface area (Å²) in [5.41, 5.74) is 0.775. The molecule has 2 aromatic carbocycles. The minimum absolute atomic E-state index is 0.00470. The van der Waals surface area contributed by atoms with E-state index in [-0.39, 0.29) is 18.7 Å². The van der Waals surface area contributed by atoms with Crippen LogP contribution in [0.4, 0.5) is 8.78 Å². The highest BCUT2D eigenvalue weighted by Gasteiger charge is 2.23. The predicted octanol–water partition coefficient (Wildman–Crippen LogP) is 4.07. The Balaban J connectivity index is 2.28. The molecule has 0 aromatic heterocycles. The Labute approximate surface area is 155 Å². The maximum Gasteiger partial charge on any atom is 0.310 e. The van der Waals surface area contributed by atoms with E-state index in [0.717, 1.165) is 17.7 Å². The van der Waals surface area contributed by atoms with Gasteiger partial charge in [-0.25, -0.2) is 8.78 Å². The number of rotatable bonds is 6. The Morgan fingerprint density at radius 2 is 1.77 bits per heavy atom. The Kier molecular flexibility index (Phi) is 6.69. The number of halogens is 3. The molecule has 138 valence electrons. The highest BCUT2D eigenvalue weighted by Crippen LogP contribution is 2.17. The van der Waals surface area contributed by atoms with E-state index < -0.39 is 29.4 Å². The lowest BCUT2D eigenvalue weighted by atomic mass is 10.1. The number of carbonyl (C=O) groups is 2. The largest absolute Gasteiger partial charge is 0.469 e. The molecular formula is C19H18ClF2NO3. The predicted molar refractivity (Wildman–Crippen MR) is 93.7 cm³/mol. The molecule has 1 atom stereocenters. The summed E-state index contributed by atoms with van der Waals surface area (Å²) in [6, 6.07) is 9.80. The molecule has 0 fully saturated rings. The molecule has 0 saturated heterocycles. The van der Waals surface area contributed by atoms with Crippen LogP contribution in [-0.4, -0.2) is 30.4 Å². The highest BCUT2D eigenvalue weighted by molar-refractivity contribution is 6.30. The SMILES string of the molecule is COC(=O)C(C)CN(Cc1ccc(Cl)cc1)C(=O)c1ccc(F)c(F)c1. The van der Waals surface area contributed by atoms with E-state index in [1.165, 1.54) is 18.1 Å². The van der Waals surface area contributed by atoms with Crippen LogP contribution in [0.15, 0.2) is 42.5 Å². The van der Waals surface area contributed by atoms with Gasteiger partial charge in [-0.2, -0.15) is 0 Å². The number of hydrogen-bond donors (Lipinski definition) is 0. The van der Waals surface area contributed by atoms with Crippen LogP contribution >= 0.6 is 11.6 Å². The van der Waals surface area contributed by atoms with E-state index in [1.807, 2.05) is 0 Å². The number of hydrogen-bond acceptors (Lipinski definition) is 3. The topological polar surface area (TPSA) is 46.6 Å². The third kappa shape index (κ3) is 5.02. The van der Waals surface area contributed by atoms with E-state index in [0.29, 0.717) is 5.02 Å². The van der Waals surface area contributed by atoms with Gasteiger partial charge in [-0.3, -0.25) is 9.59 Å². The maximum absolute atomic E-state index is 13.5. The number of ether oxygens (including phenoxy) is 1. The molecule has 4 nitrogen and oxygen atoms in total. The molecule has 0 heterocycles. The van der Waals surface area contributed by atoms with Crippen LogP contribution in [0.1, 0.15) is 22.8 Å². The summed E-state index contributed by atoms with van der Waals surface area (Å²) in [6.45, 7) is 1.86. The molecule has 0 bridgehead atoms. The van der Waals surface area contributed by atoms with Crippen molar-refractivity contribution < 1.29 is 23.1 Å². The van der Waals surface area contributed by atoms with Crippen LogP contribution in [0.3, 0.4) is 0 Å². The molecule has 0 aliphatic carbocycles. The van der Waals surface area contributed by atoms with Crippen molar-refractivity contribution in [1.82, 2.24) is 4.90 Å². The summed E-state index contributed by atoms with van der Waals surface area (Å²) in [5, 5.41) is 0.551. The maximum atomic E-state index is 13.5. The van der Waals surface area contributed by atoms with E-state index in [2.05, 4.69) is 0 Å². The van der Waals surface area contributed by atoms with Gasteiger partial charge in [0, 0.05) is 23.7 Å². The number of carbonyl (C=O) groups excluding carboxylic acids is 2. The fourth-order valence-electron chi connectivity index (χ4n) is 2.45. The summed E-state index contributed by atoms with van der Waals surface area (Å²) < 4.78 is 31.3. The Bertz CT molecular complexity index is 796. The molecule has 0 radical (unpaired) electrons. The van der Waals surface area contributed by atoms with Gasteiger partial charge in [-0.1, -0.05) is 30.7 Å². The van der Waals surface area contributed by atoms with Gasteiger partial charge in [0.1, 0.15) is 0 Å². The van der Waals surface area contributed by atoms with Crippen molar-refractivity contribution in [2.45, 2.75) is 13.5 Å². The number of esters is 1. The second-order valence-electron chi connectivity index (χ2n) is 5.87. The summed E-state index contributed by atoms with van der Waals surface area (Å²) in [7, 11) is 1.26. The van der Waals surface area contributed by atoms with Crippen molar-refractivity contribution in [3.63, 3.8) is 0 Å². The minimum atomic E-state index is -1.11. The van der Waals surface area contributed by atoms with Gasteiger partial charge in [-0.05, 0) is 35.9 Å². The lowest BCUT2D eigenvalue weighted by molar-refractivity contribution is -0.145. The second kappa shape index (κ2) is 8.76. The normalized spacial score (nSPS) is 11.7. The average Bonchev–Trinajstić information content (AvgIpc) is 2.63. The van der Waals surface area contributed by atoms with Gasteiger partial charge in [0.25, 0.3) is 5.91 Å². The van der Waals surface area contributed by atoms with Crippen LogP contribution in [0.25, 0.3) is 0 Å². The van der Waals surface area contributed by atoms with Crippen molar-refractivity contribution in [2.75, 3.05) is 13.7 Å². The van der Waals surface area contributed by atoms with Gasteiger partial charge in [0.2, 0.25) is 0 Å². The first-order valence-electron chi connectivity index (χ1n) is 7.88. The molecule has 1 unspecified atom stereocenters. The smallest absolute Gasteiger partial charge is 0.310 e. The third-order valence-electron chi connectivity index (χ3n) is 3.84. The lowest BCUT2D eigenvalue weighted by Crippen LogP contribution is -2.37. The Hall–Kier alpha value is -2.47.